The number of rotatable bonds is 5. The van der Waals surface area contributed by atoms with Crippen molar-refractivity contribution in [2.45, 2.75) is 13.8 Å². The molecule has 8 heteroatoms. The van der Waals surface area contributed by atoms with Crippen molar-refractivity contribution in [3.63, 3.8) is 0 Å². The minimum absolute atomic E-state index is 0.0458. The van der Waals surface area contributed by atoms with E-state index in [4.69, 9.17) is 0 Å². The molecular formula is C19H19N5O2S. The zero-order valence-electron chi connectivity index (χ0n) is 14.9. The number of hydrazine groups is 1. The Morgan fingerprint density at radius 2 is 1.81 bits per heavy atom. The summed E-state index contributed by atoms with van der Waals surface area (Å²) in [7, 11) is 0. The minimum Gasteiger partial charge on any atom is -0.376 e. The molecule has 0 aliphatic carbocycles. The zero-order valence-corrected chi connectivity index (χ0v) is 15.8. The third-order valence-electron chi connectivity index (χ3n) is 3.71. The van der Waals surface area contributed by atoms with Crippen LogP contribution in [0, 0.1) is 13.8 Å². The zero-order chi connectivity index (χ0) is 19.2. The predicted octanol–water partition coefficient (Wildman–Crippen LogP) is 2.70. The van der Waals surface area contributed by atoms with Gasteiger partial charge in [-0.25, -0.2) is 4.98 Å². The molecule has 7 nitrogen and oxygen atoms in total. The van der Waals surface area contributed by atoms with Gasteiger partial charge in [0.25, 0.3) is 11.8 Å². The Bertz CT molecular complexity index is 938. The molecular weight excluding hydrogens is 362 g/mol. The summed E-state index contributed by atoms with van der Waals surface area (Å²) in [5, 5.41) is 3.65. The molecule has 138 valence electrons. The second-order valence-electron chi connectivity index (χ2n) is 5.87. The number of nitrogens with zero attached hydrogens (tertiary/aromatic N) is 2. The van der Waals surface area contributed by atoms with E-state index in [9.17, 15) is 9.59 Å². The number of carbonyl (C=O) groups excluding carboxylic acids is 2. The quantitative estimate of drug-likeness (QED) is 0.591. The van der Waals surface area contributed by atoms with Crippen LogP contribution in [0.4, 0.5) is 5.69 Å². The Morgan fingerprint density at radius 3 is 2.52 bits per heavy atom. The van der Waals surface area contributed by atoms with Crippen LogP contribution in [0.3, 0.4) is 0 Å². The van der Waals surface area contributed by atoms with Gasteiger partial charge in [0.05, 0.1) is 17.9 Å². The molecule has 3 aromatic rings. The fourth-order valence-corrected chi connectivity index (χ4v) is 3.23. The van der Waals surface area contributed by atoms with Gasteiger partial charge in [0.2, 0.25) is 0 Å². The molecule has 0 aliphatic heterocycles. The largest absolute Gasteiger partial charge is 0.376 e. The number of carbonyl (C=O) groups is 2. The lowest BCUT2D eigenvalue weighted by Crippen LogP contribution is -2.44. The van der Waals surface area contributed by atoms with E-state index in [0.29, 0.717) is 21.3 Å². The topological polar surface area (TPSA) is 96.0 Å². The summed E-state index contributed by atoms with van der Waals surface area (Å²) in [4.78, 5) is 33.3. The predicted molar refractivity (Wildman–Crippen MR) is 105 cm³/mol. The van der Waals surface area contributed by atoms with Crippen molar-refractivity contribution >= 4 is 28.8 Å². The first-order valence-corrected chi connectivity index (χ1v) is 9.13. The van der Waals surface area contributed by atoms with Gasteiger partial charge >= 0.3 is 0 Å². The molecule has 0 radical (unpaired) electrons. The molecule has 2 heterocycles. The monoisotopic (exact) mass is 381 g/mol. The van der Waals surface area contributed by atoms with Crippen molar-refractivity contribution in [2.24, 2.45) is 0 Å². The van der Waals surface area contributed by atoms with Gasteiger partial charge in [-0.3, -0.25) is 25.4 Å². The second kappa shape index (κ2) is 8.41. The van der Waals surface area contributed by atoms with E-state index in [2.05, 4.69) is 26.1 Å². The minimum atomic E-state index is -0.407. The highest BCUT2D eigenvalue weighted by atomic mass is 32.1. The lowest BCUT2D eigenvalue weighted by atomic mass is 10.2. The standard InChI is InChI=1S/C19H19N5O2S/c1-12-6-8-14(9-7-12)21-11-16(25)23-24-18(26)17-13(2)22-19(27-17)15-5-3-4-10-20-15/h3-10,21H,11H2,1-2H3,(H,23,25)(H,24,26). The molecule has 2 amide bonds. The van der Waals surface area contributed by atoms with E-state index in [1.165, 1.54) is 11.3 Å². The Labute approximate surface area is 160 Å². The first-order valence-electron chi connectivity index (χ1n) is 8.31. The van der Waals surface area contributed by atoms with Gasteiger partial charge in [-0.2, -0.15) is 0 Å². The van der Waals surface area contributed by atoms with E-state index in [1.807, 2.05) is 49.4 Å². The van der Waals surface area contributed by atoms with Crippen molar-refractivity contribution < 1.29 is 9.59 Å². The number of aromatic nitrogens is 2. The van der Waals surface area contributed by atoms with Crippen LogP contribution in [0.1, 0.15) is 20.9 Å². The van der Waals surface area contributed by atoms with Crippen LogP contribution in [0.2, 0.25) is 0 Å². The van der Waals surface area contributed by atoms with Crippen LogP contribution in [0.5, 0.6) is 0 Å². The molecule has 0 saturated carbocycles. The molecule has 0 spiro atoms. The first-order chi connectivity index (χ1) is 13.0. The molecule has 0 saturated heterocycles. The van der Waals surface area contributed by atoms with E-state index in [0.717, 1.165) is 11.3 Å². The fraction of sp³-hybridized carbons (Fsp3) is 0.158. The number of benzene rings is 1. The summed E-state index contributed by atoms with van der Waals surface area (Å²) in [5.74, 6) is -0.757. The Hall–Kier alpha value is -3.26. The maximum atomic E-state index is 12.3. The average Bonchev–Trinajstić information content (AvgIpc) is 3.08. The molecule has 0 unspecified atom stereocenters. The van der Waals surface area contributed by atoms with Crippen LogP contribution in [-0.4, -0.2) is 28.3 Å². The van der Waals surface area contributed by atoms with Crippen molar-refractivity contribution in [2.75, 3.05) is 11.9 Å². The summed E-state index contributed by atoms with van der Waals surface area (Å²) in [6.07, 6.45) is 1.67. The third kappa shape index (κ3) is 4.89. The summed E-state index contributed by atoms with van der Waals surface area (Å²) >= 11 is 1.23. The first kappa shape index (κ1) is 18.5. The SMILES string of the molecule is Cc1ccc(NCC(=O)NNC(=O)c2sc(-c3ccccn3)nc2C)cc1. The van der Waals surface area contributed by atoms with Gasteiger partial charge in [-0.15, -0.1) is 11.3 Å². The Morgan fingerprint density at radius 1 is 1.04 bits per heavy atom. The number of pyridine rings is 1. The number of thiazole rings is 1. The molecule has 0 atom stereocenters. The maximum absolute atomic E-state index is 12.3. The number of amides is 2. The second-order valence-corrected chi connectivity index (χ2v) is 6.87. The van der Waals surface area contributed by atoms with Gasteiger partial charge in [-0.05, 0) is 38.1 Å². The summed E-state index contributed by atoms with van der Waals surface area (Å²) in [6, 6.07) is 13.2. The lowest BCUT2D eigenvalue weighted by Gasteiger charge is -2.08. The van der Waals surface area contributed by atoms with Crippen molar-refractivity contribution in [1.29, 1.82) is 0 Å². The van der Waals surface area contributed by atoms with Gasteiger partial charge < -0.3 is 5.32 Å². The van der Waals surface area contributed by atoms with Gasteiger partial charge in [0, 0.05) is 11.9 Å². The molecule has 0 bridgehead atoms. The third-order valence-corrected chi connectivity index (χ3v) is 4.89. The number of anilines is 1. The molecule has 3 N–H and O–H groups in total. The van der Waals surface area contributed by atoms with Crippen LogP contribution >= 0.6 is 11.3 Å². The van der Waals surface area contributed by atoms with Crippen molar-refractivity contribution in [1.82, 2.24) is 20.8 Å². The molecule has 0 aliphatic rings. The van der Waals surface area contributed by atoms with Gasteiger partial charge in [0.15, 0.2) is 0 Å². The van der Waals surface area contributed by atoms with Crippen molar-refractivity contribution in [3.05, 3.63) is 64.8 Å². The van der Waals surface area contributed by atoms with Crippen LogP contribution in [0.25, 0.3) is 10.7 Å². The molecule has 2 aromatic heterocycles. The summed E-state index contributed by atoms with van der Waals surface area (Å²) < 4.78 is 0. The van der Waals surface area contributed by atoms with Crippen LogP contribution < -0.4 is 16.2 Å². The number of nitrogens with one attached hydrogen (secondary N) is 3. The van der Waals surface area contributed by atoms with E-state index < -0.39 is 5.91 Å². The van der Waals surface area contributed by atoms with Crippen molar-refractivity contribution in [3.8, 4) is 10.7 Å². The van der Waals surface area contributed by atoms with Crippen LogP contribution in [-0.2, 0) is 4.79 Å². The Balaban J connectivity index is 1.54. The fourth-order valence-electron chi connectivity index (χ4n) is 2.29. The molecule has 27 heavy (non-hydrogen) atoms. The number of hydrogen-bond acceptors (Lipinski definition) is 6. The van der Waals surface area contributed by atoms with Gasteiger partial charge in [0.1, 0.15) is 9.88 Å². The Kier molecular flexibility index (Phi) is 5.77. The van der Waals surface area contributed by atoms with E-state index in [1.54, 1.807) is 13.1 Å². The lowest BCUT2D eigenvalue weighted by molar-refractivity contribution is -0.120. The van der Waals surface area contributed by atoms with E-state index in [-0.39, 0.29) is 12.5 Å². The number of aryl methyl sites for hydroxylation is 2. The number of hydrogen-bond donors (Lipinski definition) is 3. The smallest absolute Gasteiger partial charge is 0.281 e. The van der Waals surface area contributed by atoms with E-state index >= 15 is 0 Å². The summed E-state index contributed by atoms with van der Waals surface area (Å²) in [5.41, 5.74) is 8.09. The van der Waals surface area contributed by atoms with Gasteiger partial charge in [-0.1, -0.05) is 23.8 Å². The highest BCUT2D eigenvalue weighted by molar-refractivity contribution is 7.17. The van der Waals surface area contributed by atoms with Crippen LogP contribution in [0.15, 0.2) is 48.7 Å². The summed E-state index contributed by atoms with van der Waals surface area (Å²) in [6.45, 7) is 3.79. The molecule has 1 aromatic carbocycles. The highest BCUT2D eigenvalue weighted by Gasteiger charge is 2.17. The molecule has 0 fully saturated rings. The molecule has 3 rings (SSSR count). The maximum Gasteiger partial charge on any atom is 0.281 e. The normalized spacial score (nSPS) is 10.3. The average molecular weight is 381 g/mol. The highest BCUT2D eigenvalue weighted by Crippen LogP contribution is 2.26.